The third-order valence-electron chi connectivity index (χ3n) is 3.01. The molecule has 6 heteroatoms. The Hall–Kier alpha value is -2.18. The van der Waals surface area contributed by atoms with Gasteiger partial charge in [-0.1, -0.05) is 0 Å². The first-order chi connectivity index (χ1) is 12.3. The third kappa shape index (κ3) is 6.27. The van der Waals surface area contributed by atoms with Crippen molar-refractivity contribution in [1.82, 2.24) is 0 Å². The van der Waals surface area contributed by atoms with Crippen LogP contribution in [0.4, 0.5) is 4.79 Å². The van der Waals surface area contributed by atoms with E-state index in [4.69, 9.17) is 14.2 Å². The van der Waals surface area contributed by atoms with E-state index in [9.17, 15) is 8.66 Å². The average molecular weight is 403 g/mol. The molecular formula is C20H24CoO5. The second-order valence-corrected chi connectivity index (χ2v) is 8.38. The maximum absolute atomic E-state index is 12.7. The van der Waals surface area contributed by atoms with Crippen molar-refractivity contribution < 1.29 is 36.5 Å². The van der Waals surface area contributed by atoms with Gasteiger partial charge in [0, 0.05) is 0 Å². The summed E-state index contributed by atoms with van der Waals surface area (Å²) in [7, 11) is 0. The van der Waals surface area contributed by atoms with Gasteiger partial charge in [0.1, 0.15) is 0 Å². The van der Waals surface area contributed by atoms with Crippen molar-refractivity contribution in [1.29, 1.82) is 0 Å². The second kappa shape index (κ2) is 8.96. The second-order valence-electron chi connectivity index (χ2n) is 6.49. The third-order valence-corrected chi connectivity index (χ3v) is 4.80. The molecule has 0 aliphatic heterocycles. The van der Waals surface area contributed by atoms with Gasteiger partial charge in [-0.3, -0.25) is 0 Å². The first-order valence-electron chi connectivity index (χ1n) is 8.33. The van der Waals surface area contributed by atoms with Gasteiger partial charge < -0.3 is 0 Å². The van der Waals surface area contributed by atoms with Crippen molar-refractivity contribution in [2.45, 2.75) is 39.7 Å². The van der Waals surface area contributed by atoms with E-state index >= 15 is 0 Å². The molecule has 0 aliphatic rings. The zero-order chi connectivity index (χ0) is 19.2. The fourth-order valence-corrected chi connectivity index (χ4v) is 3.24. The molecule has 2 rings (SSSR count). The van der Waals surface area contributed by atoms with E-state index in [-0.39, 0.29) is 0 Å². The van der Waals surface area contributed by atoms with E-state index in [0.717, 1.165) is 12.2 Å². The first kappa shape index (κ1) is 20.1. The van der Waals surface area contributed by atoms with Crippen molar-refractivity contribution in [3.63, 3.8) is 0 Å². The molecule has 0 fully saturated rings. The molecule has 0 bridgehead atoms. The minimum absolute atomic E-state index is 0.342. The molecule has 143 valence electrons. The van der Waals surface area contributed by atoms with Crippen LogP contribution in [0.15, 0.2) is 48.5 Å². The summed E-state index contributed by atoms with van der Waals surface area (Å²) in [6.07, 6.45) is 0.172. The Bertz CT molecular complexity index is 745. The van der Waals surface area contributed by atoms with Gasteiger partial charge in [-0.2, -0.15) is 0 Å². The summed E-state index contributed by atoms with van der Waals surface area (Å²) in [5.74, 6) is 1.11. The van der Waals surface area contributed by atoms with Crippen LogP contribution in [0.25, 0.3) is 0 Å². The Labute approximate surface area is 158 Å². The Kier molecular flexibility index (Phi) is 6.94. The van der Waals surface area contributed by atoms with Crippen LogP contribution in [-0.4, -0.2) is 18.4 Å². The Morgan fingerprint density at radius 1 is 0.923 bits per heavy atom. The van der Waals surface area contributed by atoms with Gasteiger partial charge in [-0.15, -0.1) is 0 Å². The summed E-state index contributed by atoms with van der Waals surface area (Å²) in [4.78, 5) is 11.7. The molecular weight excluding hydrogens is 379 g/mol. The molecule has 0 aliphatic carbocycles. The van der Waals surface area contributed by atoms with Crippen molar-refractivity contribution in [2.24, 2.45) is 0 Å². The Morgan fingerprint density at radius 2 is 1.42 bits per heavy atom. The summed E-state index contributed by atoms with van der Waals surface area (Å²) in [6, 6.07) is 13.8. The van der Waals surface area contributed by atoms with Gasteiger partial charge in [0.15, 0.2) is 0 Å². The molecule has 0 radical (unpaired) electrons. The SMILES string of the molecule is CCCOc1cc[c]([Co](=[O])[c]2ccc(OC(=O)OC(C)(C)C)cc2)cc1. The van der Waals surface area contributed by atoms with Crippen LogP contribution in [0.2, 0.25) is 0 Å². The molecule has 0 unspecified atom stereocenters. The first-order valence-corrected chi connectivity index (χ1v) is 9.80. The molecule has 2 aromatic carbocycles. The minimum atomic E-state index is -1.70. The van der Waals surface area contributed by atoms with Gasteiger partial charge >= 0.3 is 158 Å². The van der Waals surface area contributed by atoms with E-state index in [0.29, 0.717) is 21.4 Å². The van der Waals surface area contributed by atoms with Crippen LogP contribution in [0.3, 0.4) is 0 Å². The summed E-state index contributed by atoms with van der Waals surface area (Å²) in [6.45, 7) is 7.99. The van der Waals surface area contributed by atoms with Gasteiger partial charge in [-0.25, -0.2) is 0 Å². The molecule has 0 saturated carbocycles. The molecule has 0 heterocycles. The zero-order valence-electron chi connectivity index (χ0n) is 15.4. The fraction of sp³-hybridized carbons (Fsp3) is 0.350. The van der Waals surface area contributed by atoms with Crippen LogP contribution in [0.1, 0.15) is 34.1 Å². The molecule has 0 aromatic heterocycles. The van der Waals surface area contributed by atoms with Crippen LogP contribution < -0.4 is 18.5 Å². The fourth-order valence-electron chi connectivity index (χ4n) is 1.92. The normalized spacial score (nSPS) is 11.6. The number of rotatable bonds is 6. The number of carbonyl (C=O) groups excluding carboxylic acids is 1. The standard InChI is InChI=1S/C11H13O3.C9H11O.Co.O/c1-11(2,3)14-10(12)13-9-7-5-4-6-8-9;1-2-8-10-9-6-4-3-5-7-9;;/h5-8H,1-3H3;4-7H,2,8H2,1H3;;. The maximum atomic E-state index is 12.7. The van der Waals surface area contributed by atoms with Crippen LogP contribution in [-0.2, 0) is 22.2 Å². The number of ether oxygens (including phenoxy) is 3. The quantitative estimate of drug-likeness (QED) is 0.544. The van der Waals surface area contributed by atoms with E-state index < -0.39 is 25.3 Å². The summed E-state index contributed by atoms with van der Waals surface area (Å²) in [5, 5.41) is 0. The van der Waals surface area contributed by atoms with Gasteiger partial charge in [0.2, 0.25) is 0 Å². The van der Waals surface area contributed by atoms with Gasteiger partial charge in [0.05, 0.1) is 0 Å². The number of hydrogen-bond donors (Lipinski definition) is 0. The van der Waals surface area contributed by atoms with E-state index in [1.165, 1.54) is 0 Å². The van der Waals surface area contributed by atoms with Crippen molar-refractivity contribution in [3.8, 4) is 11.5 Å². The van der Waals surface area contributed by atoms with Crippen molar-refractivity contribution >= 4 is 15.2 Å². The molecule has 0 amide bonds. The molecule has 26 heavy (non-hydrogen) atoms. The average Bonchev–Trinajstić information content (AvgIpc) is 2.59. The monoisotopic (exact) mass is 403 g/mol. The van der Waals surface area contributed by atoms with Gasteiger partial charge in [0.25, 0.3) is 0 Å². The van der Waals surface area contributed by atoms with E-state index in [2.05, 4.69) is 0 Å². The predicted molar refractivity (Wildman–Crippen MR) is 95.5 cm³/mol. The molecule has 0 saturated heterocycles. The zero-order valence-corrected chi connectivity index (χ0v) is 16.4. The molecule has 2 aromatic rings. The molecule has 0 spiro atoms. The molecule has 5 nitrogen and oxygen atoms in total. The Balaban J connectivity index is 2.01. The summed E-state index contributed by atoms with van der Waals surface area (Å²) in [5.41, 5.74) is -0.618. The van der Waals surface area contributed by atoms with Crippen molar-refractivity contribution in [3.05, 3.63) is 48.5 Å². The molecule has 0 N–H and O–H groups in total. The van der Waals surface area contributed by atoms with E-state index in [1.54, 1.807) is 57.2 Å². The number of benzene rings is 2. The topological polar surface area (TPSA) is 61.8 Å². The van der Waals surface area contributed by atoms with Crippen molar-refractivity contribution in [2.75, 3.05) is 6.61 Å². The molecule has 0 atom stereocenters. The Morgan fingerprint density at radius 3 is 1.88 bits per heavy atom. The van der Waals surface area contributed by atoms with E-state index in [1.807, 2.05) is 19.1 Å². The van der Waals surface area contributed by atoms with Gasteiger partial charge in [-0.05, 0) is 0 Å². The number of hydrogen-bond acceptors (Lipinski definition) is 5. The summed E-state index contributed by atoms with van der Waals surface area (Å²) >= 11 is -1.70. The van der Waals surface area contributed by atoms with Crippen LogP contribution in [0, 0.1) is 0 Å². The number of carbonyl (C=O) groups is 1. The summed E-state index contributed by atoms with van der Waals surface area (Å²) < 4.78 is 29.8. The van der Waals surface area contributed by atoms with Crippen LogP contribution in [0.5, 0.6) is 11.5 Å². The predicted octanol–water partition coefficient (Wildman–Crippen LogP) is 3.70. The van der Waals surface area contributed by atoms with Crippen LogP contribution >= 0.6 is 0 Å².